The molecule has 0 unspecified atom stereocenters. The van der Waals surface area contributed by atoms with Gasteiger partial charge in [0.1, 0.15) is 5.82 Å². The summed E-state index contributed by atoms with van der Waals surface area (Å²) in [6.45, 7) is 0.410. The maximum Gasteiger partial charge on any atom is 0.306 e. The van der Waals surface area contributed by atoms with E-state index in [9.17, 15) is 14.0 Å². The van der Waals surface area contributed by atoms with Crippen LogP contribution in [0.15, 0.2) is 24.3 Å². The molecule has 1 fully saturated rings. The summed E-state index contributed by atoms with van der Waals surface area (Å²) in [4.78, 5) is 24.7. The Bertz CT molecular complexity index is 500. The summed E-state index contributed by atoms with van der Waals surface area (Å²) in [6.07, 6.45) is 1.61. The maximum atomic E-state index is 12.8. The largest absolute Gasteiger partial charge is 0.481 e. The summed E-state index contributed by atoms with van der Waals surface area (Å²) in [5, 5.41) is 8.95. The van der Waals surface area contributed by atoms with Crippen molar-refractivity contribution in [3.05, 3.63) is 35.6 Å². The topological polar surface area (TPSA) is 57.6 Å². The van der Waals surface area contributed by atoms with Crippen molar-refractivity contribution in [2.24, 2.45) is 11.8 Å². The molecular weight excluding hydrogens is 261 g/mol. The van der Waals surface area contributed by atoms with Crippen molar-refractivity contribution in [2.45, 2.75) is 25.8 Å². The van der Waals surface area contributed by atoms with Gasteiger partial charge in [-0.25, -0.2) is 4.39 Å². The molecule has 0 spiro atoms. The Hall–Kier alpha value is -1.91. The number of aliphatic carboxylic acids is 1. The number of hydrogen-bond acceptors (Lipinski definition) is 2. The molecule has 0 heterocycles. The highest BCUT2D eigenvalue weighted by molar-refractivity contribution is 5.80. The molecule has 1 saturated carbocycles. The Morgan fingerprint density at radius 2 is 1.85 bits per heavy atom. The smallest absolute Gasteiger partial charge is 0.306 e. The van der Waals surface area contributed by atoms with Crippen molar-refractivity contribution >= 4 is 11.9 Å². The minimum absolute atomic E-state index is 0.0296. The van der Waals surface area contributed by atoms with E-state index < -0.39 is 11.9 Å². The van der Waals surface area contributed by atoms with Crippen molar-refractivity contribution in [2.75, 3.05) is 7.05 Å². The van der Waals surface area contributed by atoms with Crippen molar-refractivity contribution in [3.8, 4) is 0 Å². The third kappa shape index (κ3) is 3.35. The van der Waals surface area contributed by atoms with E-state index in [1.165, 1.54) is 12.1 Å². The number of amides is 1. The van der Waals surface area contributed by atoms with Gasteiger partial charge < -0.3 is 10.0 Å². The lowest BCUT2D eigenvalue weighted by Gasteiger charge is -2.21. The molecule has 1 amide bonds. The second kappa shape index (κ2) is 6.03. The first-order chi connectivity index (χ1) is 9.47. The Kier molecular flexibility index (Phi) is 4.37. The van der Waals surface area contributed by atoms with Gasteiger partial charge in [0.2, 0.25) is 5.91 Å². The van der Waals surface area contributed by atoms with Crippen LogP contribution < -0.4 is 0 Å². The van der Waals surface area contributed by atoms with Gasteiger partial charge in [-0.1, -0.05) is 12.1 Å². The Balaban J connectivity index is 1.92. The summed E-state index contributed by atoms with van der Waals surface area (Å²) in [6, 6.07) is 6.02. The number of hydrogen-bond donors (Lipinski definition) is 1. The number of rotatable bonds is 4. The van der Waals surface area contributed by atoms with Crippen LogP contribution in [0.25, 0.3) is 0 Å². The molecule has 108 valence electrons. The van der Waals surface area contributed by atoms with E-state index in [1.807, 2.05) is 0 Å². The zero-order chi connectivity index (χ0) is 14.7. The van der Waals surface area contributed by atoms with Crippen molar-refractivity contribution in [3.63, 3.8) is 0 Å². The normalized spacial score (nSPS) is 21.7. The SMILES string of the molecule is CN(Cc1ccc(F)cc1)C(=O)[C@@H]1CC[C@H](C(=O)O)C1. The van der Waals surface area contributed by atoms with E-state index in [-0.39, 0.29) is 17.6 Å². The standard InChI is InChI=1S/C15H18FNO3/c1-17(9-10-2-6-13(16)7-3-10)14(18)11-4-5-12(8-11)15(19)20/h2-3,6-7,11-12H,4-5,8-9H2,1H3,(H,19,20)/t11-,12+/m1/s1. The molecule has 1 aliphatic rings. The fourth-order valence-corrected chi connectivity index (χ4v) is 2.68. The zero-order valence-corrected chi connectivity index (χ0v) is 11.4. The van der Waals surface area contributed by atoms with Gasteiger partial charge in [-0.3, -0.25) is 9.59 Å². The second-order valence-electron chi connectivity index (χ2n) is 5.37. The molecule has 0 saturated heterocycles. The van der Waals surface area contributed by atoms with E-state index >= 15 is 0 Å². The molecule has 2 atom stereocenters. The van der Waals surface area contributed by atoms with Crippen molar-refractivity contribution < 1.29 is 19.1 Å². The Morgan fingerprint density at radius 3 is 2.40 bits per heavy atom. The van der Waals surface area contributed by atoms with E-state index in [1.54, 1.807) is 24.1 Å². The van der Waals surface area contributed by atoms with Crippen LogP contribution in [-0.4, -0.2) is 28.9 Å². The van der Waals surface area contributed by atoms with Crippen molar-refractivity contribution in [1.82, 2.24) is 4.90 Å². The minimum Gasteiger partial charge on any atom is -0.481 e. The predicted molar refractivity (Wildman–Crippen MR) is 71.3 cm³/mol. The van der Waals surface area contributed by atoms with Crippen molar-refractivity contribution in [1.29, 1.82) is 0 Å². The number of carbonyl (C=O) groups is 2. The van der Waals surface area contributed by atoms with E-state index in [4.69, 9.17) is 5.11 Å². The van der Waals surface area contributed by atoms with E-state index in [0.29, 0.717) is 25.8 Å². The number of halogens is 1. The van der Waals surface area contributed by atoms with Crippen LogP contribution in [-0.2, 0) is 16.1 Å². The van der Waals surface area contributed by atoms with Gasteiger partial charge in [0, 0.05) is 19.5 Å². The molecule has 20 heavy (non-hydrogen) atoms. The number of carboxylic acid groups (broad SMARTS) is 1. The molecule has 0 aliphatic heterocycles. The predicted octanol–water partition coefficient (Wildman–Crippen LogP) is 2.29. The Labute approximate surface area is 117 Å². The first-order valence-electron chi connectivity index (χ1n) is 6.69. The quantitative estimate of drug-likeness (QED) is 0.920. The maximum absolute atomic E-state index is 12.8. The van der Waals surface area contributed by atoms with Gasteiger partial charge in [-0.2, -0.15) is 0 Å². The van der Waals surface area contributed by atoms with Crippen LogP contribution in [0, 0.1) is 17.7 Å². The highest BCUT2D eigenvalue weighted by Crippen LogP contribution is 2.32. The monoisotopic (exact) mass is 279 g/mol. The summed E-state index contributed by atoms with van der Waals surface area (Å²) in [5.41, 5.74) is 0.857. The number of benzene rings is 1. The van der Waals surface area contributed by atoms with Crippen LogP contribution in [0.1, 0.15) is 24.8 Å². The van der Waals surface area contributed by atoms with Crippen LogP contribution in [0.3, 0.4) is 0 Å². The van der Waals surface area contributed by atoms with Crippen LogP contribution in [0.4, 0.5) is 4.39 Å². The molecule has 0 aromatic heterocycles. The zero-order valence-electron chi connectivity index (χ0n) is 11.4. The van der Waals surface area contributed by atoms with Crippen LogP contribution >= 0.6 is 0 Å². The number of nitrogens with zero attached hydrogens (tertiary/aromatic N) is 1. The van der Waals surface area contributed by atoms with Gasteiger partial charge in [-0.15, -0.1) is 0 Å². The summed E-state index contributed by atoms with van der Waals surface area (Å²) >= 11 is 0. The fourth-order valence-electron chi connectivity index (χ4n) is 2.68. The van der Waals surface area contributed by atoms with Gasteiger partial charge in [-0.05, 0) is 37.0 Å². The molecule has 2 rings (SSSR count). The number of carbonyl (C=O) groups excluding carboxylic acids is 1. The molecule has 4 nitrogen and oxygen atoms in total. The van der Waals surface area contributed by atoms with Gasteiger partial charge in [0.25, 0.3) is 0 Å². The third-order valence-corrected chi connectivity index (χ3v) is 3.84. The molecule has 1 N–H and O–H groups in total. The molecule has 5 heteroatoms. The molecular formula is C15H18FNO3. The van der Waals surface area contributed by atoms with Gasteiger partial charge in [0.05, 0.1) is 5.92 Å². The number of carboxylic acids is 1. The Morgan fingerprint density at radius 1 is 1.25 bits per heavy atom. The molecule has 0 radical (unpaired) electrons. The molecule has 0 bridgehead atoms. The molecule has 1 aromatic carbocycles. The summed E-state index contributed by atoms with van der Waals surface area (Å²) < 4.78 is 12.8. The second-order valence-corrected chi connectivity index (χ2v) is 5.37. The first kappa shape index (κ1) is 14.5. The first-order valence-corrected chi connectivity index (χ1v) is 6.69. The average Bonchev–Trinajstić information content (AvgIpc) is 2.90. The summed E-state index contributed by atoms with van der Waals surface area (Å²) in [7, 11) is 1.69. The fraction of sp³-hybridized carbons (Fsp3) is 0.467. The molecule has 1 aromatic rings. The van der Waals surface area contributed by atoms with E-state index in [0.717, 1.165) is 5.56 Å². The minimum atomic E-state index is -0.818. The highest BCUT2D eigenvalue weighted by atomic mass is 19.1. The summed E-state index contributed by atoms with van der Waals surface area (Å²) in [5.74, 6) is -1.76. The highest BCUT2D eigenvalue weighted by Gasteiger charge is 2.35. The lowest BCUT2D eigenvalue weighted by molar-refractivity contribution is -0.141. The van der Waals surface area contributed by atoms with E-state index in [2.05, 4.69) is 0 Å². The third-order valence-electron chi connectivity index (χ3n) is 3.84. The van der Waals surface area contributed by atoms with Crippen LogP contribution in [0.2, 0.25) is 0 Å². The average molecular weight is 279 g/mol. The van der Waals surface area contributed by atoms with Crippen LogP contribution in [0.5, 0.6) is 0 Å². The lowest BCUT2D eigenvalue weighted by atomic mass is 10.0. The van der Waals surface area contributed by atoms with Gasteiger partial charge in [0.15, 0.2) is 0 Å². The molecule has 1 aliphatic carbocycles. The lowest BCUT2D eigenvalue weighted by Crippen LogP contribution is -2.31. The van der Waals surface area contributed by atoms with Gasteiger partial charge >= 0.3 is 5.97 Å².